The van der Waals surface area contributed by atoms with Gasteiger partial charge < -0.3 is 15.5 Å². The zero-order chi connectivity index (χ0) is 21.7. The SMILES string of the molecule is CC(C)(C)C(NC(=O)C1CCCN(C(=O)Nc2ccccc2)C1)c1ccc(F)cc1. The van der Waals surface area contributed by atoms with Gasteiger partial charge in [-0.25, -0.2) is 9.18 Å². The van der Waals surface area contributed by atoms with Gasteiger partial charge in [-0.3, -0.25) is 4.79 Å². The van der Waals surface area contributed by atoms with Crippen molar-refractivity contribution in [2.24, 2.45) is 11.3 Å². The lowest BCUT2D eigenvalue weighted by atomic mass is 9.81. The summed E-state index contributed by atoms with van der Waals surface area (Å²) in [6.07, 6.45) is 1.51. The molecule has 160 valence electrons. The number of carbonyl (C=O) groups is 2. The fraction of sp³-hybridized carbons (Fsp3) is 0.417. The molecule has 2 unspecified atom stereocenters. The number of hydrogen-bond acceptors (Lipinski definition) is 2. The van der Waals surface area contributed by atoms with Gasteiger partial charge in [0.15, 0.2) is 0 Å². The molecule has 0 saturated carbocycles. The van der Waals surface area contributed by atoms with Crippen molar-refractivity contribution in [2.75, 3.05) is 18.4 Å². The van der Waals surface area contributed by atoms with E-state index >= 15 is 0 Å². The van der Waals surface area contributed by atoms with Gasteiger partial charge in [-0.05, 0) is 48.1 Å². The average molecular weight is 412 g/mol. The van der Waals surface area contributed by atoms with Crippen molar-refractivity contribution in [3.63, 3.8) is 0 Å². The van der Waals surface area contributed by atoms with Gasteiger partial charge in [0.05, 0.1) is 12.0 Å². The smallest absolute Gasteiger partial charge is 0.321 e. The summed E-state index contributed by atoms with van der Waals surface area (Å²) in [4.78, 5) is 27.4. The van der Waals surface area contributed by atoms with Gasteiger partial charge in [-0.1, -0.05) is 51.1 Å². The van der Waals surface area contributed by atoms with Crippen LogP contribution in [0.2, 0.25) is 0 Å². The molecule has 0 spiro atoms. The molecular formula is C24H30FN3O2. The molecule has 2 N–H and O–H groups in total. The van der Waals surface area contributed by atoms with Crippen LogP contribution in [0.15, 0.2) is 54.6 Å². The lowest BCUT2D eigenvalue weighted by Gasteiger charge is -2.36. The summed E-state index contributed by atoms with van der Waals surface area (Å²) in [5.41, 5.74) is 1.36. The maximum Gasteiger partial charge on any atom is 0.321 e. The van der Waals surface area contributed by atoms with Gasteiger partial charge in [0.1, 0.15) is 5.82 Å². The van der Waals surface area contributed by atoms with Crippen molar-refractivity contribution < 1.29 is 14.0 Å². The highest BCUT2D eigenvalue weighted by Crippen LogP contribution is 2.33. The van der Waals surface area contributed by atoms with Crippen molar-refractivity contribution in [1.82, 2.24) is 10.2 Å². The number of piperidine rings is 1. The molecule has 3 amide bonds. The third-order valence-electron chi connectivity index (χ3n) is 5.46. The lowest BCUT2D eigenvalue weighted by Crippen LogP contribution is -2.48. The largest absolute Gasteiger partial charge is 0.348 e. The zero-order valence-electron chi connectivity index (χ0n) is 17.8. The van der Waals surface area contributed by atoms with Crippen molar-refractivity contribution in [3.05, 3.63) is 66.0 Å². The van der Waals surface area contributed by atoms with Crippen LogP contribution >= 0.6 is 0 Å². The number of benzene rings is 2. The normalized spacial score (nSPS) is 17.9. The number of carbonyl (C=O) groups excluding carboxylic acids is 2. The molecule has 30 heavy (non-hydrogen) atoms. The highest BCUT2D eigenvalue weighted by atomic mass is 19.1. The van der Waals surface area contributed by atoms with Gasteiger partial charge in [0.2, 0.25) is 5.91 Å². The first-order valence-electron chi connectivity index (χ1n) is 10.4. The second-order valence-corrected chi connectivity index (χ2v) is 8.94. The second-order valence-electron chi connectivity index (χ2n) is 8.94. The molecule has 0 aromatic heterocycles. The zero-order valence-corrected chi connectivity index (χ0v) is 17.8. The molecule has 0 aliphatic carbocycles. The minimum absolute atomic E-state index is 0.0727. The summed E-state index contributed by atoms with van der Waals surface area (Å²) in [7, 11) is 0. The minimum Gasteiger partial charge on any atom is -0.348 e. The van der Waals surface area contributed by atoms with Crippen LogP contribution in [0.3, 0.4) is 0 Å². The second kappa shape index (κ2) is 9.28. The van der Waals surface area contributed by atoms with Crippen molar-refractivity contribution in [1.29, 1.82) is 0 Å². The summed E-state index contributed by atoms with van der Waals surface area (Å²) in [5, 5.41) is 6.04. The fourth-order valence-electron chi connectivity index (χ4n) is 3.81. The average Bonchev–Trinajstić information content (AvgIpc) is 2.72. The molecule has 2 aromatic rings. The molecule has 2 atom stereocenters. The number of amides is 3. The van der Waals surface area contributed by atoms with E-state index in [1.54, 1.807) is 17.0 Å². The number of nitrogens with zero attached hydrogens (tertiary/aromatic N) is 1. The summed E-state index contributed by atoms with van der Waals surface area (Å²) >= 11 is 0. The van der Waals surface area contributed by atoms with Crippen molar-refractivity contribution >= 4 is 17.6 Å². The molecule has 1 aliphatic rings. The van der Waals surface area contributed by atoms with Gasteiger partial charge in [0, 0.05) is 18.8 Å². The van der Waals surface area contributed by atoms with Crippen LogP contribution in [0.1, 0.15) is 45.2 Å². The van der Waals surface area contributed by atoms with E-state index in [-0.39, 0.29) is 35.1 Å². The molecule has 1 aliphatic heterocycles. The van der Waals surface area contributed by atoms with E-state index in [1.807, 2.05) is 51.1 Å². The van der Waals surface area contributed by atoms with E-state index in [0.717, 1.165) is 24.1 Å². The Kier molecular flexibility index (Phi) is 6.75. The first-order chi connectivity index (χ1) is 14.2. The van der Waals surface area contributed by atoms with Crippen LogP contribution in [0, 0.1) is 17.2 Å². The molecular weight excluding hydrogens is 381 g/mol. The number of halogens is 1. The molecule has 6 heteroatoms. The molecule has 0 bridgehead atoms. The van der Waals surface area contributed by atoms with Crippen LogP contribution in [-0.4, -0.2) is 29.9 Å². The van der Waals surface area contributed by atoms with Gasteiger partial charge in [-0.2, -0.15) is 0 Å². The molecule has 2 aromatic carbocycles. The maximum absolute atomic E-state index is 13.3. The van der Waals surface area contributed by atoms with Gasteiger partial charge in [-0.15, -0.1) is 0 Å². The molecule has 0 radical (unpaired) electrons. The highest BCUT2D eigenvalue weighted by Gasteiger charge is 2.33. The van der Waals surface area contributed by atoms with E-state index in [4.69, 9.17) is 0 Å². The monoisotopic (exact) mass is 411 g/mol. The molecule has 3 rings (SSSR count). The summed E-state index contributed by atoms with van der Waals surface area (Å²) in [6, 6.07) is 15.1. The Morgan fingerprint density at radius 3 is 2.37 bits per heavy atom. The van der Waals surface area contributed by atoms with Crippen LogP contribution in [0.4, 0.5) is 14.9 Å². The minimum atomic E-state index is -0.301. The first kappa shape index (κ1) is 21.8. The van der Waals surface area contributed by atoms with Crippen LogP contribution in [0.25, 0.3) is 0 Å². The van der Waals surface area contributed by atoms with Crippen LogP contribution < -0.4 is 10.6 Å². The number of likely N-dealkylation sites (tertiary alicyclic amines) is 1. The first-order valence-corrected chi connectivity index (χ1v) is 10.4. The van der Waals surface area contributed by atoms with E-state index in [1.165, 1.54) is 12.1 Å². The predicted molar refractivity (Wildman–Crippen MR) is 116 cm³/mol. The standard InChI is InChI=1S/C24H30FN3O2/c1-24(2,3)21(17-11-13-19(25)14-12-17)27-22(29)18-8-7-15-28(16-18)23(30)26-20-9-5-4-6-10-20/h4-6,9-14,18,21H,7-8,15-16H2,1-3H3,(H,26,30)(H,27,29). The van der Waals surface area contributed by atoms with E-state index in [2.05, 4.69) is 10.6 Å². The highest BCUT2D eigenvalue weighted by molar-refractivity contribution is 5.90. The Morgan fingerprint density at radius 2 is 1.73 bits per heavy atom. The van der Waals surface area contributed by atoms with Crippen LogP contribution in [-0.2, 0) is 4.79 Å². The summed E-state index contributed by atoms with van der Waals surface area (Å²) in [5.74, 6) is -0.646. The topological polar surface area (TPSA) is 61.4 Å². The van der Waals surface area contributed by atoms with E-state index < -0.39 is 0 Å². The van der Waals surface area contributed by atoms with Gasteiger partial charge >= 0.3 is 6.03 Å². The third-order valence-corrected chi connectivity index (χ3v) is 5.46. The Bertz CT molecular complexity index is 862. The Balaban J connectivity index is 1.66. The summed E-state index contributed by atoms with van der Waals surface area (Å²) in [6.45, 7) is 7.14. The Hall–Kier alpha value is -2.89. The number of para-hydroxylation sites is 1. The fourth-order valence-corrected chi connectivity index (χ4v) is 3.81. The number of rotatable bonds is 4. The predicted octanol–water partition coefficient (Wildman–Crippen LogP) is 4.97. The summed E-state index contributed by atoms with van der Waals surface area (Å²) < 4.78 is 13.3. The van der Waals surface area contributed by atoms with Crippen LogP contribution in [0.5, 0.6) is 0 Å². The Labute approximate surface area is 177 Å². The molecule has 1 fully saturated rings. The van der Waals surface area contributed by atoms with E-state index in [0.29, 0.717) is 13.1 Å². The number of urea groups is 1. The molecule has 1 saturated heterocycles. The number of nitrogens with one attached hydrogen (secondary N) is 2. The van der Waals surface area contributed by atoms with E-state index in [9.17, 15) is 14.0 Å². The molecule has 1 heterocycles. The lowest BCUT2D eigenvalue weighted by molar-refractivity contribution is -0.127. The van der Waals surface area contributed by atoms with Crippen molar-refractivity contribution in [2.45, 2.75) is 39.7 Å². The van der Waals surface area contributed by atoms with Crippen molar-refractivity contribution in [3.8, 4) is 0 Å². The molecule has 5 nitrogen and oxygen atoms in total. The Morgan fingerprint density at radius 1 is 1.07 bits per heavy atom. The van der Waals surface area contributed by atoms with Gasteiger partial charge in [0.25, 0.3) is 0 Å². The number of anilines is 1. The quantitative estimate of drug-likeness (QED) is 0.746. The number of hydrogen-bond donors (Lipinski definition) is 2. The maximum atomic E-state index is 13.3. The third kappa shape index (κ3) is 5.59.